The van der Waals surface area contributed by atoms with Crippen LogP contribution in [0.4, 0.5) is 0 Å². The number of rotatable bonds is 68. The van der Waals surface area contributed by atoms with Crippen molar-refractivity contribution in [3.63, 3.8) is 0 Å². The summed E-state index contributed by atoms with van der Waals surface area (Å²) in [6.07, 6.45) is 88.2. The fourth-order valence-electron chi connectivity index (χ4n) is 11.2. The van der Waals surface area contributed by atoms with Gasteiger partial charge < -0.3 is 14.2 Å². The fraction of sp³-hybridized carbons (Fsp3) is 0.880. The van der Waals surface area contributed by atoms with Crippen molar-refractivity contribution in [3.05, 3.63) is 36.5 Å². The van der Waals surface area contributed by atoms with Crippen LogP contribution in [0.25, 0.3) is 0 Å². The van der Waals surface area contributed by atoms with Gasteiger partial charge in [0.25, 0.3) is 0 Å². The Morgan fingerprint density at radius 3 is 0.691 bits per heavy atom. The molecule has 6 heteroatoms. The fourth-order valence-corrected chi connectivity index (χ4v) is 11.2. The molecule has 0 aliphatic rings. The van der Waals surface area contributed by atoms with Crippen LogP contribution in [-0.4, -0.2) is 37.2 Å². The van der Waals surface area contributed by atoms with Crippen molar-refractivity contribution < 1.29 is 28.6 Å². The third-order valence-corrected chi connectivity index (χ3v) is 16.6. The van der Waals surface area contributed by atoms with Crippen molar-refractivity contribution in [1.82, 2.24) is 0 Å². The molecule has 0 aromatic carbocycles. The molecule has 0 saturated carbocycles. The van der Waals surface area contributed by atoms with Gasteiger partial charge in [-0.1, -0.05) is 365 Å². The van der Waals surface area contributed by atoms with Crippen LogP contribution in [0.15, 0.2) is 36.5 Å². The first-order chi connectivity index (χ1) is 40.0. The predicted molar refractivity (Wildman–Crippen MR) is 353 cm³/mol. The maximum absolute atomic E-state index is 12.9. The smallest absolute Gasteiger partial charge is 0.306 e. The normalized spacial score (nSPS) is 12.2. The maximum Gasteiger partial charge on any atom is 0.306 e. The molecule has 1 unspecified atom stereocenters. The van der Waals surface area contributed by atoms with Crippen LogP contribution in [0.5, 0.6) is 0 Å². The highest BCUT2D eigenvalue weighted by Crippen LogP contribution is 2.19. The first kappa shape index (κ1) is 78.6. The highest BCUT2D eigenvalue weighted by atomic mass is 16.6. The van der Waals surface area contributed by atoms with Crippen molar-refractivity contribution in [1.29, 1.82) is 0 Å². The molecule has 0 bridgehead atoms. The Morgan fingerprint density at radius 1 is 0.247 bits per heavy atom. The summed E-state index contributed by atoms with van der Waals surface area (Å²) >= 11 is 0. The lowest BCUT2D eigenvalue weighted by molar-refractivity contribution is -0.167. The summed E-state index contributed by atoms with van der Waals surface area (Å²) in [6.45, 7) is 6.62. The zero-order valence-corrected chi connectivity index (χ0v) is 54.8. The molecule has 0 amide bonds. The number of carbonyl (C=O) groups is 3. The lowest BCUT2D eigenvalue weighted by Gasteiger charge is -2.18. The SMILES string of the molecule is CCCCCCC/C=C\C/C=C\C/C=C\CCCCCCCCCCCCCCCCCCCCC(=O)OCC(COC(=O)CCCCCCC)OC(=O)CCCCCCCCCCCCCCCCCCCCCCCCCCC. The molecule has 476 valence electrons. The third kappa shape index (κ3) is 68.3. The van der Waals surface area contributed by atoms with E-state index in [0.717, 1.165) is 77.0 Å². The van der Waals surface area contributed by atoms with Gasteiger partial charge in [-0.25, -0.2) is 0 Å². The third-order valence-electron chi connectivity index (χ3n) is 16.6. The first-order valence-corrected chi connectivity index (χ1v) is 36.5. The number of hydrogen-bond acceptors (Lipinski definition) is 6. The molecule has 6 nitrogen and oxygen atoms in total. The van der Waals surface area contributed by atoms with Crippen molar-refractivity contribution >= 4 is 17.9 Å². The van der Waals surface area contributed by atoms with Gasteiger partial charge in [0.05, 0.1) is 0 Å². The molecule has 0 saturated heterocycles. The zero-order chi connectivity index (χ0) is 58.5. The summed E-state index contributed by atoms with van der Waals surface area (Å²) in [5.74, 6) is -0.852. The maximum atomic E-state index is 12.9. The van der Waals surface area contributed by atoms with E-state index in [1.807, 2.05) is 0 Å². The van der Waals surface area contributed by atoms with Crippen LogP contribution in [0.1, 0.15) is 406 Å². The minimum Gasteiger partial charge on any atom is -0.462 e. The molecule has 1 atom stereocenters. The summed E-state index contributed by atoms with van der Waals surface area (Å²) in [5, 5.41) is 0. The number of ether oxygens (including phenoxy) is 3. The number of hydrogen-bond donors (Lipinski definition) is 0. The van der Waals surface area contributed by atoms with Crippen LogP contribution in [0, 0.1) is 0 Å². The van der Waals surface area contributed by atoms with E-state index < -0.39 is 6.10 Å². The summed E-state index contributed by atoms with van der Waals surface area (Å²) in [5.41, 5.74) is 0. The molecule has 0 aliphatic carbocycles. The Labute approximate surface area is 506 Å². The highest BCUT2D eigenvalue weighted by molar-refractivity contribution is 5.71. The van der Waals surface area contributed by atoms with Gasteiger partial charge in [0.2, 0.25) is 0 Å². The second-order valence-corrected chi connectivity index (χ2v) is 24.9. The Bertz CT molecular complexity index is 1350. The predicted octanol–water partition coefficient (Wildman–Crippen LogP) is 25.1. The molecular formula is C75H140O6. The monoisotopic (exact) mass is 1140 g/mol. The standard InChI is InChI=1S/C75H140O6/c1-4-7-10-13-15-17-19-21-23-25-27-29-31-33-34-35-36-37-38-39-40-42-43-45-47-49-51-53-55-57-59-62-65-68-74(77)80-71-72(70-79-73(76)67-64-61-12-9-6-3)81-75(78)69-66-63-60-58-56-54-52-50-48-46-44-41-32-30-28-26-24-22-20-18-16-14-11-8-5-2/h19,21,25,27,31,33,72H,4-18,20,22-24,26,28-30,32,34-71H2,1-3H3/b21-19-,27-25-,33-31-. The zero-order valence-electron chi connectivity index (χ0n) is 54.8. The molecule has 0 radical (unpaired) electrons. The second kappa shape index (κ2) is 70.1. The average molecular weight is 1140 g/mol. The summed E-state index contributed by atoms with van der Waals surface area (Å²) < 4.78 is 16.8. The van der Waals surface area contributed by atoms with Gasteiger partial charge in [-0.15, -0.1) is 0 Å². The Hall–Kier alpha value is -2.37. The minimum atomic E-state index is -0.765. The summed E-state index contributed by atoms with van der Waals surface area (Å²) in [7, 11) is 0. The molecular weight excluding hydrogens is 997 g/mol. The van der Waals surface area contributed by atoms with Crippen molar-refractivity contribution in [2.45, 2.75) is 412 Å². The molecule has 0 fully saturated rings. The van der Waals surface area contributed by atoms with Crippen LogP contribution in [-0.2, 0) is 28.6 Å². The van der Waals surface area contributed by atoms with Gasteiger partial charge in [0.15, 0.2) is 6.10 Å². The van der Waals surface area contributed by atoms with E-state index in [1.54, 1.807) is 0 Å². The van der Waals surface area contributed by atoms with E-state index in [9.17, 15) is 14.4 Å². The molecule has 0 heterocycles. The number of unbranched alkanes of at least 4 members (excludes halogenated alkanes) is 51. The highest BCUT2D eigenvalue weighted by Gasteiger charge is 2.19. The lowest BCUT2D eigenvalue weighted by Crippen LogP contribution is -2.30. The van der Waals surface area contributed by atoms with E-state index in [0.29, 0.717) is 19.3 Å². The molecule has 0 aromatic heterocycles. The topological polar surface area (TPSA) is 78.9 Å². The Kier molecular flexibility index (Phi) is 68.1. The van der Waals surface area contributed by atoms with E-state index in [2.05, 4.69) is 57.2 Å². The largest absolute Gasteiger partial charge is 0.462 e. The van der Waals surface area contributed by atoms with E-state index in [4.69, 9.17) is 14.2 Å². The summed E-state index contributed by atoms with van der Waals surface area (Å²) in [6, 6.07) is 0. The van der Waals surface area contributed by atoms with E-state index in [-0.39, 0.29) is 31.1 Å². The lowest BCUT2D eigenvalue weighted by atomic mass is 10.0. The van der Waals surface area contributed by atoms with Gasteiger partial charge in [0, 0.05) is 19.3 Å². The van der Waals surface area contributed by atoms with Crippen LogP contribution >= 0.6 is 0 Å². The minimum absolute atomic E-state index is 0.0661. The molecule has 0 spiro atoms. The van der Waals surface area contributed by atoms with Gasteiger partial charge in [-0.05, 0) is 57.8 Å². The molecule has 81 heavy (non-hydrogen) atoms. The Morgan fingerprint density at radius 2 is 0.444 bits per heavy atom. The van der Waals surface area contributed by atoms with E-state index in [1.165, 1.54) is 289 Å². The van der Waals surface area contributed by atoms with Gasteiger partial charge in [0.1, 0.15) is 13.2 Å². The first-order valence-electron chi connectivity index (χ1n) is 36.5. The number of carbonyl (C=O) groups excluding carboxylic acids is 3. The van der Waals surface area contributed by atoms with Crippen LogP contribution in [0.3, 0.4) is 0 Å². The molecule has 0 rings (SSSR count). The summed E-state index contributed by atoms with van der Waals surface area (Å²) in [4.78, 5) is 38.0. The van der Waals surface area contributed by atoms with Crippen molar-refractivity contribution in [2.75, 3.05) is 13.2 Å². The van der Waals surface area contributed by atoms with Gasteiger partial charge >= 0.3 is 17.9 Å². The van der Waals surface area contributed by atoms with Crippen LogP contribution < -0.4 is 0 Å². The average Bonchev–Trinajstić information content (AvgIpc) is 3.47. The quantitative estimate of drug-likeness (QED) is 0.0261. The molecule has 0 aliphatic heterocycles. The van der Waals surface area contributed by atoms with E-state index >= 15 is 0 Å². The van der Waals surface area contributed by atoms with Gasteiger partial charge in [-0.3, -0.25) is 14.4 Å². The number of allylic oxidation sites excluding steroid dienone is 6. The van der Waals surface area contributed by atoms with Crippen LogP contribution in [0.2, 0.25) is 0 Å². The Balaban J connectivity index is 3.90. The van der Waals surface area contributed by atoms with Gasteiger partial charge in [-0.2, -0.15) is 0 Å². The molecule has 0 N–H and O–H groups in total. The number of esters is 3. The second-order valence-electron chi connectivity index (χ2n) is 24.9. The van der Waals surface area contributed by atoms with Crippen molar-refractivity contribution in [2.24, 2.45) is 0 Å². The van der Waals surface area contributed by atoms with Crippen molar-refractivity contribution in [3.8, 4) is 0 Å². The molecule has 0 aromatic rings.